The van der Waals surface area contributed by atoms with Gasteiger partial charge in [-0.25, -0.2) is 4.79 Å². The number of carboxylic acid groups (broad SMARTS) is 1. The minimum absolute atomic E-state index is 0.512. The van der Waals surface area contributed by atoms with Crippen molar-refractivity contribution in [3.8, 4) is 0 Å². The summed E-state index contributed by atoms with van der Waals surface area (Å²) in [4.78, 5) is 10.7. The van der Waals surface area contributed by atoms with E-state index in [0.29, 0.717) is 11.7 Å². The summed E-state index contributed by atoms with van der Waals surface area (Å²) in [5, 5.41) is 14.1. The highest BCUT2D eigenvalue weighted by molar-refractivity contribution is 8.14. The Morgan fingerprint density at radius 2 is 2.13 bits per heavy atom. The number of aliphatic carboxylic acids is 1. The molecule has 0 bridgehead atoms. The molecule has 1 saturated carbocycles. The number of hydrogen-bond acceptors (Lipinski definition) is 4. The van der Waals surface area contributed by atoms with Crippen molar-refractivity contribution in [3.63, 3.8) is 0 Å². The van der Waals surface area contributed by atoms with E-state index in [4.69, 9.17) is 5.11 Å². The summed E-state index contributed by atoms with van der Waals surface area (Å²) in [6.07, 6.45) is 6.33. The first kappa shape index (κ1) is 10.8. The van der Waals surface area contributed by atoms with Crippen LogP contribution in [0.5, 0.6) is 0 Å². The van der Waals surface area contributed by atoms with Gasteiger partial charge >= 0.3 is 5.97 Å². The molecule has 2 N–H and O–H groups in total. The number of carbonyl (C=O) groups is 1. The Morgan fingerprint density at radius 1 is 1.40 bits per heavy atom. The zero-order chi connectivity index (χ0) is 10.7. The molecule has 0 saturated heterocycles. The lowest BCUT2D eigenvalue weighted by molar-refractivity contribution is -0.138. The van der Waals surface area contributed by atoms with Crippen molar-refractivity contribution in [2.75, 3.05) is 5.75 Å². The quantitative estimate of drug-likeness (QED) is 0.754. The fraction of sp³-hybridized carbons (Fsp3) is 0.800. The van der Waals surface area contributed by atoms with Crippen molar-refractivity contribution in [2.24, 2.45) is 11.0 Å². The van der Waals surface area contributed by atoms with Crippen LogP contribution in [0.2, 0.25) is 0 Å². The summed E-state index contributed by atoms with van der Waals surface area (Å²) in [5.41, 5.74) is 2.73. The number of thioether (sulfide) groups is 1. The predicted octanol–water partition coefficient (Wildman–Crippen LogP) is 1.67. The van der Waals surface area contributed by atoms with Crippen molar-refractivity contribution in [3.05, 3.63) is 0 Å². The minimum Gasteiger partial charge on any atom is -0.480 e. The monoisotopic (exact) mass is 228 g/mol. The van der Waals surface area contributed by atoms with Crippen molar-refractivity contribution in [2.45, 2.75) is 38.1 Å². The van der Waals surface area contributed by atoms with Gasteiger partial charge in [-0.1, -0.05) is 19.3 Å². The van der Waals surface area contributed by atoms with Gasteiger partial charge in [-0.2, -0.15) is 5.10 Å². The van der Waals surface area contributed by atoms with Crippen LogP contribution in [0, 0.1) is 5.92 Å². The van der Waals surface area contributed by atoms with Crippen molar-refractivity contribution in [1.29, 1.82) is 0 Å². The van der Waals surface area contributed by atoms with Gasteiger partial charge in [-0.15, -0.1) is 11.8 Å². The highest BCUT2D eigenvalue weighted by atomic mass is 32.2. The largest absolute Gasteiger partial charge is 0.480 e. The molecule has 1 unspecified atom stereocenters. The first-order valence-electron chi connectivity index (χ1n) is 5.46. The van der Waals surface area contributed by atoms with Gasteiger partial charge < -0.3 is 5.11 Å². The Hall–Kier alpha value is -0.710. The average molecular weight is 228 g/mol. The Balaban J connectivity index is 1.91. The van der Waals surface area contributed by atoms with E-state index < -0.39 is 12.0 Å². The van der Waals surface area contributed by atoms with Crippen molar-refractivity contribution >= 4 is 22.8 Å². The molecule has 1 fully saturated rings. The van der Waals surface area contributed by atoms with Gasteiger partial charge in [-0.3, -0.25) is 5.43 Å². The first-order valence-corrected chi connectivity index (χ1v) is 6.44. The van der Waals surface area contributed by atoms with Gasteiger partial charge in [0.15, 0.2) is 6.04 Å². The van der Waals surface area contributed by atoms with Gasteiger partial charge in [0.05, 0.1) is 5.04 Å². The fourth-order valence-electron chi connectivity index (χ4n) is 2.06. The van der Waals surface area contributed by atoms with E-state index in [1.807, 2.05) is 0 Å². The van der Waals surface area contributed by atoms with E-state index in [1.165, 1.54) is 32.1 Å². The van der Waals surface area contributed by atoms with Gasteiger partial charge in [0.25, 0.3) is 0 Å². The third-order valence-corrected chi connectivity index (χ3v) is 4.20. The number of hydrazone groups is 1. The summed E-state index contributed by atoms with van der Waals surface area (Å²) < 4.78 is 0. The molecule has 2 rings (SSSR count). The molecule has 0 radical (unpaired) electrons. The van der Waals surface area contributed by atoms with E-state index in [2.05, 4.69) is 10.5 Å². The Morgan fingerprint density at radius 3 is 2.67 bits per heavy atom. The number of rotatable bonds is 2. The van der Waals surface area contributed by atoms with Gasteiger partial charge in [-0.05, 0) is 12.8 Å². The molecule has 1 aliphatic carbocycles. The molecule has 5 heteroatoms. The smallest absolute Gasteiger partial charge is 0.328 e. The van der Waals surface area contributed by atoms with Crippen LogP contribution in [0.15, 0.2) is 5.10 Å². The van der Waals surface area contributed by atoms with Gasteiger partial charge in [0.2, 0.25) is 0 Å². The van der Waals surface area contributed by atoms with E-state index >= 15 is 0 Å². The molecule has 0 aromatic rings. The Labute approximate surface area is 93.5 Å². The van der Waals surface area contributed by atoms with E-state index in [0.717, 1.165) is 5.04 Å². The topological polar surface area (TPSA) is 61.7 Å². The van der Waals surface area contributed by atoms with Crippen LogP contribution in [0.3, 0.4) is 0 Å². The summed E-state index contributed by atoms with van der Waals surface area (Å²) in [5.74, 6) is 0.366. The second-order valence-electron chi connectivity index (χ2n) is 4.12. The van der Waals surface area contributed by atoms with Crippen molar-refractivity contribution < 1.29 is 9.90 Å². The zero-order valence-electron chi connectivity index (χ0n) is 8.61. The maximum absolute atomic E-state index is 10.7. The molecule has 84 valence electrons. The highest BCUT2D eigenvalue weighted by Gasteiger charge is 2.27. The van der Waals surface area contributed by atoms with E-state index in [1.54, 1.807) is 11.8 Å². The van der Waals surface area contributed by atoms with Crippen LogP contribution in [0.1, 0.15) is 32.1 Å². The summed E-state index contributed by atoms with van der Waals surface area (Å²) >= 11 is 1.61. The molecule has 0 aromatic heterocycles. The Bertz CT molecular complexity index is 275. The van der Waals surface area contributed by atoms with Gasteiger partial charge in [0, 0.05) is 11.7 Å². The van der Waals surface area contributed by atoms with Crippen LogP contribution in [0.25, 0.3) is 0 Å². The SMILES string of the molecule is O=C(O)C1CSC(C2CCCCC2)=NN1. The summed E-state index contributed by atoms with van der Waals surface area (Å²) in [6.45, 7) is 0. The predicted molar refractivity (Wildman–Crippen MR) is 61.0 cm³/mol. The molecule has 1 heterocycles. The molecule has 0 spiro atoms. The molecule has 0 amide bonds. The molecule has 4 nitrogen and oxygen atoms in total. The lowest BCUT2D eigenvalue weighted by atomic mass is 9.90. The molecule has 15 heavy (non-hydrogen) atoms. The fourth-order valence-corrected chi connectivity index (χ4v) is 3.21. The minimum atomic E-state index is -0.811. The van der Waals surface area contributed by atoms with Crippen LogP contribution in [-0.2, 0) is 4.79 Å². The van der Waals surface area contributed by atoms with E-state index in [9.17, 15) is 4.79 Å². The highest BCUT2D eigenvalue weighted by Crippen LogP contribution is 2.30. The first-order chi connectivity index (χ1) is 7.27. The van der Waals surface area contributed by atoms with Crippen LogP contribution < -0.4 is 5.43 Å². The van der Waals surface area contributed by atoms with Crippen LogP contribution in [-0.4, -0.2) is 27.9 Å². The lowest BCUT2D eigenvalue weighted by Gasteiger charge is -2.26. The molecule has 1 atom stereocenters. The third kappa shape index (κ3) is 2.65. The van der Waals surface area contributed by atoms with Crippen LogP contribution >= 0.6 is 11.8 Å². The second kappa shape index (κ2) is 4.88. The summed E-state index contributed by atoms with van der Waals surface area (Å²) in [6, 6.07) is -0.512. The number of carboxylic acids is 1. The maximum Gasteiger partial charge on any atom is 0.328 e. The average Bonchev–Trinajstić information content (AvgIpc) is 2.30. The second-order valence-corrected chi connectivity index (χ2v) is 5.16. The zero-order valence-corrected chi connectivity index (χ0v) is 9.42. The maximum atomic E-state index is 10.7. The Kier molecular flexibility index (Phi) is 3.51. The van der Waals surface area contributed by atoms with Crippen molar-refractivity contribution in [1.82, 2.24) is 5.43 Å². The molecular formula is C10H16N2O2S. The molecule has 0 aromatic carbocycles. The lowest BCUT2D eigenvalue weighted by Crippen LogP contribution is -2.40. The number of hydrogen-bond donors (Lipinski definition) is 2. The molecule has 1 aliphatic heterocycles. The van der Waals surface area contributed by atoms with Crippen LogP contribution in [0.4, 0.5) is 0 Å². The normalized spacial score (nSPS) is 28.0. The molecule has 2 aliphatic rings. The number of nitrogens with zero attached hydrogens (tertiary/aromatic N) is 1. The van der Waals surface area contributed by atoms with E-state index in [-0.39, 0.29) is 0 Å². The summed E-state index contributed by atoms with van der Waals surface area (Å²) in [7, 11) is 0. The third-order valence-electron chi connectivity index (χ3n) is 2.98. The molecular weight excluding hydrogens is 212 g/mol. The standard InChI is InChI=1S/C10H16N2O2S/c13-10(14)8-6-15-9(12-11-8)7-4-2-1-3-5-7/h7-8,11H,1-6H2,(H,13,14). The number of nitrogens with one attached hydrogen (secondary N) is 1. The van der Waals surface area contributed by atoms with Gasteiger partial charge in [0.1, 0.15) is 0 Å².